The van der Waals surface area contributed by atoms with Crippen LogP contribution in [0.15, 0.2) is 4.99 Å². The van der Waals surface area contributed by atoms with E-state index >= 15 is 0 Å². The van der Waals surface area contributed by atoms with E-state index < -0.39 is 9.84 Å². The number of hydrogen-bond acceptors (Lipinski definition) is 4. The normalized spacial score (nSPS) is 18.6. The van der Waals surface area contributed by atoms with Gasteiger partial charge in [0.15, 0.2) is 15.8 Å². The van der Waals surface area contributed by atoms with Crippen molar-refractivity contribution in [1.82, 2.24) is 15.1 Å². The number of rotatable bonds is 7. The van der Waals surface area contributed by atoms with Crippen LogP contribution in [0.5, 0.6) is 0 Å². The van der Waals surface area contributed by atoms with Gasteiger partial charge in [0.05, 0.1) is 18.1 Å². The molecule has 1 heterocycles. The Labute approximate surface area is 152 Å². The fraction of sp³-hybridized carbons (Fsp3) is 0.929. The average molecular weight is 446 g/mol. The topological polar surface area (TPSA) is 65.0 Å². The lowest BCUT2D eigenvalue weighted by atomic mass is 10.3. The molecule has 1 saturated heterocycles. The highest BCUT2D eigenvalue weighted by Gasteiger charge is 2.20. The summed E-state index contributed by atoms with van der Waals surface area (Å²) in [5, 5.41) is 3.30. The molecule has 0 saturated carbocycles. The van der Waals surface area contributed by atoms with Crippen molar-refractivity contribution in [2.75, 3.05) is 57.8 Å². The van der Waals surface area contributed by atoms with Crippen molar-refractivity contribution >= 4 is 39.8 Å². The van der Waals surface area contributed by atoms with E-state index in [9.17, 15) is 8.42 Å². The summed E-state index contributed by atoms with van der Waals surface area (Å²) in [5.74, 6) is 1.51. The van der Waals surface area contributed by atoms with Crippen molar-refractivity contribution < 1.29 is 8.42 Å². The van der Waals surface area contributed by atoms with E-state index in [1.807, 2.05) is 0 Å². The molecule has 0 aliphatic carbocycles. The summed E-state index contributed by atoms with van der Waals surface area (Å²) in [5.41, 5.74) is 0. The highest BCUT2D eigenvalue weighted by molar-refractivity contribution is 14.0. The molecule has 0 aromatic carbocycles. The molecular formula is C14H31IN4O2S. The predicted octanol–water partition coefficient (Wildman–Crippen LogP) is 1.03. The Bertz CT molecular complexity index is 415. The van der Waals surface area contributed by atoms with Gasteiger partial charge in [-0.3, -0.25) is 9.89 Å². The lowest BCUT2D eigenvalue weighted by Gasteiger charge is -2.26. The third-order valence-electron chi connectivity index (χ3n) is 3.66. The molecule has 0 atom stereocenters. The molecule has 6 nitrogen and oxygen atoms in total. The third-order valence-corrected chi connectivity index (χ3v) is 5.27. The average Bonchev–Trinajstić information content (AvgIpc) is 2.45. The molecule has 0 amide bonds. The van der Waals surface area contributed by atoms with E-state index in [1.165, 1.54) is 6.42 Å². The van der Waals surface area contributed by atoms with Crippen LogP contribution in [0.25, 0.3) is 0 Å². The van der Waals surface area contributed by atoms with Crippen LogP contribution in [-0.4, -0.2) is 82.0 Å². The Kier molecular flexibility index (Phi) is 11.4. The summed E-state index contributed by atoms with van der Waals surface area (Å²) in [4.78, 5) is 8.98. The van der Waals surface area contributed by atoms with Crippen LogP contribution in [0.3, 0.4) is 0 Å². The summed E-state index contributed by atoms with van der Waals surface area (Å²) in [6.45, 7) is 8.92. The van der Waals surface area contributed by atoms with Gasteiger partial charge in [0.2, 0.25) is 0 Å². The minimum absolute atomic E-state index is 0. The summed E-state index contributed by atoms with van der Waals surface area (Å²) in [6.07, 6.45) is 2.33. The molecule has 0 bridgehead atoms. The minimum atomic E-state index is -2.79. The maximum Gasteiger partial charge on any atom is 0.193 e. The van der Waals surface area contributed by atoms with Gasteiger partial charge in [-0.15, -0.1) is 24.0 Å². The van der Waals surface area contributed by atoms with Gasteiger partial charge in [0.25, 0.3) is 0 Å². The first-order valence-electron chi connectivity index (χ1n) is 7.90. The highest BCUT2D eigenvalue weighted by atomic mass is 127. The summed E-state index contributed by atoms with van der Waals surface area (Å²) in [6, 6.07) is 0. The smallest absolute Gasteiger partial charge is 0.193 e. The Hall–Kier alpha value is -0.0900. The third kappa shape index (κ3) is 8.52. The number of guanidine groups is 1. The molecule has 0 aromatic rings. The Balaban J connectivity index is 0.00000441. The lowest BCUT2D eigenvalue weighted by Crippen LogP contribution is -2.42. The lowest BCUT2D eigenvalue weighted by molar-refractivity contribution is 0.303. The molecule has 132 valence electrons. The second-order valence-electron chi connectivity index (χ2n) is 5.50. The standard InChI is InChI=1S/C14H30N4O2S.HI/c1-4-6-8-17(3)14(15-5-2)16-7-9-18-10-12-21(19,20)13-11-18;/h4-13H2,1-3H3,(H,15,16);1H. The molecule has 0 spiro atoms. The quantitative estimate of drug-likeness (QED) is 0.360. The molecule has 1 aliphatic rings. The van der Waals surface area contributed by atoms with Gasteiger partial charge in [-0.05, 0) is 13.3 Å². The van der Waals surface area contributed by atoms with E-state index in [4.69, 9.17) is 0 Å². The first-order valence-corrected chi connectivity index (χ1v) is 9.73. The number of sulfone groups is 1. The van der Waals surface area contributed by atoms with Crippen LogP contribution in [0.4, 0.5) is 0 Å². The van der Waals surface area contributed by atoms with Crippen LogP contribution in [-0.2, 0) is 9.84 Å². The van der Waals surface area contributed by atoms with Crippen LogP contribution >= 0.6 is 24.0 Å². The maximum atomic E-state index is 11.4. The van der Waals surface area contributed by atoms with E-state index in [0.717, 1.165) is 32.0 Å². The van der Waals surface area contributed by atoms with Gasteiger partial charge in [-0.25, -0.2) is 8.42 Å². The Morgan fingerprint density at radius 1 is 1.27 bits per heavy atom. The highest BCUT2D eigenvalue weighted by Crippen LogP contribution is 2.03. The van der Waals surface area contributed by atoms with E-state index in [0.29, 0.717) is 19.6 Å². The van der Waals surface area contributed by atoms with Crippen molar-refractivity contribution in [2.45, 2.75) is 26.7 Å². The van der Waals surface area contributed by atoms with Gasteiger partial charge in [0, 0.05) is 39.8 Å². The number of unbranched alkanes of at least 4 members (excludes halogenated alkanes) is 1. The zero-order valence-electron chi connectivity index (χ0n) is 14.0. The van der Waals surface area contributed by atoms with Gasteiger partial charge < -0.3 is 10.2 Å². The molecule has 1 fully saturated rings. The maximum absolute atomic E-state index is 11.4. The fourth-order valence-electron chi connectivity index (χ4n) is 2.24. The van der Waals surface area contributed by atoms with Gasteiger partial charge in [-0.2, -0.15) is 0 Å². The number of halogens is 1. The number of aliphatic imine (C=N–C) groups is 1. The molecule has 1 aliphatic heterocycles. The molecule has 0 unspecified atom stereocenters. The molecular weight excluding hydrogens is 415 g/mol. The van der Waals surface area contributed by atoms with Gasteiger partial charge >= 0.3 is 0 Å². The minimum Gasteiger partial charge on any atom is -0.357 e. The molecule has 1 rings (SSSR count). The molecule has 22 heavy (non-hydrogen) atoms. The predicted molar refractivity (Wildman–Crippen MR) is 104 cm³/mol. The zero-order chi connectivity index (χ0) is 15.7. The van der Waals surface area contributed by atoms with Crippen molar-refractivity contribution in [3.8, 4) is 0 Å². The first-order chi connectivity index (χ1) is 9.98. The second kappa shape index (κ2) is 11.4. The monoisotopic (exact) mass is 446 g/mol. The Morgan fingerprint density at radius 3 is 2.45 bits per heavy atom. The SMILES string of the molecule is CCCCN(C)C(=NCCN1CCS(=O)(=O)CC1)NCC.I. The number of hydrogen-bond donors (Lipinski definition) is 1. The summed E-state index contributed by atoms with van der Waals surface area (Å²) in [7, 11) is -0.727. The number of nitrogens with one attached hydrogen (secondary N) is 1. The largest absolute Gasteiger partial charge is 0.357 e. The van der Waals surface area contributed by atoms with Crippen molar-refractivity contribution in [3.63, 3.8) is 0 Å². The first kappa shape index (κ1) is 21.9. The van der Waals surface area contributed by atoms with Gasteiger partial charge in [-0.1, -0.05) is 13.3 Å². The van der Waals surface area contributed by atoms with E-state index in [-0.39, 0.29) is 35.5 Å². The van der Waals surface area contributed by atoms with Crippen molar-refractivity contribution in [3.05, 3.63) is 0 Å². The second-order valence-corrected chi connectivity index (χ2v) is 7.81. The number of nitrogens with zero attached hydrogens (tertiary/aromatic N) is 3. The van der Waals surface area contributed by atoms with Crippen LogP contribution < -0.4 is 5.32 Å². The Morgan fingerprint density at radius 2 is 1.91 bits per heavy atom. The summed E-state index contributed by atoms with van der Waals surface area (Å²) < 4.78 is 22.8. The van der Waals surface area contributed by atoms with Gasteiger partial charge in [0.1, 0.15) is 0 Å². The van der Waals surface area contributed by atoms with Crippen LogP contribution in [0.1, 0.15) is 26.7 Å². The van der Waals surface area contributed by atoms with E-state index in [2.05, 4.69) is 41.0 Å². The zero-order valence-corrected chi connectivity index (χ0v) is 17.2. The van der Waals surface area contributed by atoms with Crippen LogP contribution in [0.2, 0.25) is 0 Å². The molecule has 1 N–H and O–H groups in total. The molecule has 0 radical (unpaired) electrons. The molecule has 0 aromatic heterocycles. The van der Waals surface area contributed by atoms with Crippen molar-refractivity contribution in [2.24, 2.45) is 4.99 Å². The van der Waals surface area contributed by atoms with Crippen molar-refractivity contribution in [1.29, 1.82) is 0 Å². The fourth-order valence-corrected chi connectivity index (χ4v) is 3.52. The van der Waals surface area contributed by atoms with Crippen LogP contribution in [0, 0.1) is 0 Å². The molecule has 8 heteroatoms. The van der Waals surface area contributed by atoms with E-state index in [1.54, 1.807) is 0 Å². The summed E-state index contributed by atoms with van der Waals surface area (Å²) >= 11 is 0.